The van der Waals surface area contributed by atoms with Crippen LogP contribution in [0.1, 0.15) is 18.4 Å². The second-order valence-corrected chi connectivity index (χ2v) is 7.31. The van der Waals surface area contributed by atoms with Crippen molar-refractivity contribution in [3.05, 3.63) is 35.4 Å². The maximum atomic E-state index is 13.1. The Kier molecular flexibility index (Phi) is 4.73. The van der Waals surface area contributed by atoms with E-state index in [0.29, 0.717) is 31.5 Å². The van der Waals surface area contributed by atoms with Crippen LogP contribution < -0.4 is 0 Å². The average molecular weight is 317 g/mol. The predicted molar refractivity (Wildman–Crippen MR) is 74.2 cm³/mol. The van der Waals surface area contributed by atoms with Gasteiger partial charge in [-0.05, 0) is 30.5 Å². The van der Waals surface area contributed by atoms with Crippen molar-refractivity contribution < 1.29 is 22.0 Å². The van der Waals surface area contributed by atoms with Crippen molar-refractivity contribution in [2.24, 2.45) is 5.92 Å². The normalized spacial score (nSPS) is 17.9. The first kappa shape index (κ1) is 16.0. The minimum atomic E-state index is -3.21. The van der Waals surface area contributed by atoms with Gasteiger partial charge in [-0.2, -0.15) is 0 Å². The van der Waals surface area contributed by atoms with E-state index in [1.54, 1.807) is 0 Å². The molecule has 1 aromatic carbocycles. The van der Waals surface area contributed by atoms with Gasteiger partial charge in [-0.3, -0.25) is 4.79 Å². The molecule has 0 saturated carbocycles. The standard InChI is InChI=1S/C14H17F2NO3S/c1-21(19,20)17-6-4-11(5-7-17)14(18)9-10-2-3-12(15)13(16)8-10/h2-3,8,11H,4-7,9H2,1H3. The summed E-state index contributed by atoms with van der Waals surface area (Å²) in [6, 6.07) is 3.42. The van der Waals surface area contributed by atoms with E-state index in [1.807, 2.05) is 0 Å². The Balaban J connectivity index is 1.95. The van der Waals surface area contributed by atoms with Crippen LogP contribution in [0.15, 0.2) is 18.2 Å². The molecule has 21 heavy (non-hydrogen) atoms. The van der Waals surface area contributed by atoms with Crippen LogP contribution in [0.2, 0.25) is 0 Å². The number of Topliss-reactive ketones (excluding diaryl/α,β-unsaturated/α-hetero) is 1. The van der Waals surface area contributed by atoms with E-state index in [4.69, 9.17) is 0 Å². The van der Waals surface area contributed by atoms with Gasteiger partial charge in [0.05, 0.1) is 6.26 Å². The van der Waals surface area contributed by atoms with Gasteiger partial charge < -0.3 is 0 Å². The number of piperidine rings is 1. The Labute approximate surface area is 122 Å². The van der Waals surface area contributed by atoms with Crippen LogP contribution in [0.3, 0.4) is 0 Å². The molecule has 1 heterocycles. The van der Waals surface area contributed by atoms with Gasteiger partial charge in [-0.25, -0.2) is 21.5 Å². The molecule has 2 rings (SSSR count). The highest BCUT2D eigenvalue weighted by atomic mass is 32.2. The Hall–Kier alpha value is -1.34. The van der Waals surface area contributed by atoms with E-state index >= 15 is 0 Å². The van der Waals surface area contributed by atoms with Crippen LogP contribution in [-0.4, -0.2) is 37.9 Å². The molecular formula is C14H17F2NO3S. The Morgan fingerprint density at radius 3 is 2.38 bits per heavy atom. The largest absolute Gasteiger partial charge is 0.299 e. The van der Waals surface area contributed by atoms with Crippen molar-refractivity contribution in [2.75, 3.05) is 19.3 Å². The van der Waals surface area contributed by atoms with Gasteiger partial charge in [-0.15, -0.1) is 0 Å². The summed E-state index contributed by atoms with van der Waals surface area (Å²) in [5.74, 6) is -2.19. The van der Waals surface area contributed by atoms with Crippen molar-refractivity contribution in [3.8, 4) is 0 Å². The third-order valence-corrected chi connectivity index (χ3v) is 5.04. The summed E-state index contributed by atoms with van der Waals surface area (Å²) in [6.07, 6.45) is 2.13. The summed E-state index contributed by atoms with van der Waals surface area (Å²) in [4.78, 5) is 12.1. The monoisotopic (exact) mass is 317 g/mol. The number of benzene rings is 1. The lowest BCUT2D eigenvalue weighted by Crippen LogP contribution is -2.39. The van der Waals surface area contributed by atoms with Crippen LogP contribution in [-0.2, 0) is 21.2 Å². The minimum absolute atomic E-state index is 0.0424. The first-order valence-electron chi connectivity index (χ1n) is 6.69. The second-order valence-electron chi connectivity index (χ2n) is 5.33. The third kappa shape index (κ3) is 4.07. The van der Waals surface area contributed by atoms with E-state index < -0.39 is 21.7 Å². The Morgan fingerprint density at radius 2 is 1.86 bits per heavy atom. The van der Waals surface area contributed by atoms with Gasteiger partial charge in [0.1, 0.15) is 5.78 Å². The summed E-state index contributed by atoms with van der Waals surface area (Å²) < 4.78 is 50.0. The smallest absolute Gasteiger partial charge is 0.211 e. The Morgan fingerprint density at radius 1 is 1.24 bits per heavy atom. The lowest BCUT2D eigenvalue weighted by atomic mass is 9.90. The van der Waals surface area contributed by atoms with Gasteiger partial charge in [0.25, 0.3) is 0 Å². The second kappa shape index (κ2) is 6.19. The number of carbonyl (C=O) groups is 1. The lowest BCUT2D eigenvalue weighted by Gasteiger charge is -2.29. The molecule has 0 amide bonds. The average Bonchev–Trinajstić information content (AvgIpc) is 2.42. The van der Waals surface area contributed by atoms with Crippen LogP contribution in [0.4, 0.5) is 8.78 Å². The molecule has 0 spiro atoms. The Bertz CT molecular complexity index is 638. The number of nitrogens with zero attached hydrogens (tertiary/aromatic N) is 1. The molecule has 1 aliphatic rings. The van der Waals surface area contributed by atoms with Crippen molar-refractivity contribution in [1.82, 2.24) is 4.31 Å². The van der Waals surface area contributed by atoms with Gasteiger partial charge >= 0.3 is 0 Å². The van der Waals surface area contributed by atoms with E-state index in [2.05, 4.69) is 0 Å². The number of halogens is 2. The molecule has 0 aliphatic carbocycles. The van der Waals surface area contributed by atoms with Gasteiger partial charge in [0, 0.05) is 25.4 Å². The van der Waals surface area contributed by atoms with E-state index in [-0.39, 0.29) is 18.1 Å². The molecule has 0 radical (unpaired) electrons. The van der Waals surface area contributed by atoms with Crippen LogP contribution >= 0.6 is 0 Å². The molecule has 0 unspecified atom stereocenters. The molecule has 7 heteroatoms. The topological polar surface area (TPSA) is 54.5 Å². The van der Waals surface area contributed by atoms with Crippen molar-refractivity contribution in [2.45, 2.75) is 19.3 Å². The summed E-state index contributed by atoms with van der Waals surface area (Å²) in [6.45, 7) is 0.653. The molecule has 4 nitrogen and oxygen atoms in total. The molecule has 0 N–H and O–H groups in total. The fraction of sp³-hybridized carbons (Fsp3) is 0.500. The summed E-state index contributed by atoms with van der Waals surface area (Å²) in [5.41, 5.74) is 0.435. The zero-order valence-electron chi connectivity index (χ0n) is 11.7. The molecular weight excluding hydrogens is 300 g/mol. The number of hydrogen-bond donors (Lipinski definition) is 0. The molecule has 1 saturated heterocycles. The SMILES string of the molecule is CS(=O)(=O)N1CCC(C(=O)Cc2ccc(F)c(F)c2)CC1. The van der Waals surface area contributed by atoms with Crippen molar-refractivity contribution >= 4 is 15.8 Å². The quantitative estimate of drug-likeness (QED) is 0.850. The predicted octanol–water partition coefficient (Wildman–Crippen LogP) is 1.75. The third-order valence-electron chi connectivity index (χ3n) is 3.74. The highest BCUT2D eigenvalue weighted by Gasteiger charge is 2.28. The van der Waals surface area contributed by atoms with Crippen LogP contribution in [0.5, 0.6) is 0 Å². The molecule has 0 aromatic heterocycles. The van der Waals surface area contributed by atoms with E-state index in [9.17, 15) is 22.0 Å². The zero-order valence-corrected chi connectivity index (χ0v) is 12.5. The molecule has 1 aliphatic heterocycles. The summed E-state index contributed by atoms with van der Waals surface area (Å²) in [7, 11) is -3.21. The number of ketones is 1. The van der Waals surface area contributed by atoms with Gasteiger partial charge in [0.15, 0.2) is 11.6 Å². The van der Waals surface area contributed by atoms with Crippen molar-refractivity contribution in [1.29, 1.82) is 0 Å². The van der Waals surface area contributed by atoms with Gasteiger partial charge in [0.2, 0.25) is 10.0 Å². The number of hydrogen-bond acceptors (Lipinski definition) is 3. The molecule has 1 aromatic rings. The lowest BCUT2D eigenvalue weighted by molar-refractivity contribution is -0.123. The summed E-state index contributed by atoms with van der Waals surface area (Å²) in [5, 5.41) is 0. The molecule has 116 valence electrons. The number of carbonyl (C=O) groups excluding carboxylic acids is 1. The molecule has 0 atom stereocenters. The summed E-state index contributed by atoms with van der Waals surface area (Å²) >= 11 is 0. The zero-order chi connectivity index (χ0) is 15.6. The first-order chi connectivity index (χ1) is 9.77. The maximum absolute atomic E-state index is 13.1. The van der Waals surface area contributed by atoms with Crippen molar-refractivity contribution in [3.63, 3.8) is 0 Å². The fourth-order valence-corrected chi connectivity index (χ4v) is 3.38. The maximum Gasteiger partial charge on any atom is 0.211 e. The van der Waals surface area contributed by atoms with E-state index in [0.717, 1.165) is 18.4 Å². The highest BCUT2D eigenvalue weighted by molar-refractivity contribution is 7.88. The first-order valence-corrected chi connectivity index (χ1v) is 8.54. The van der Waals surface area contributed by atoms with Gasteiger partial charge in [-0.1, -0.05) is 6.07 Å². The fourth-order valence-electron chi connectivity index (χ4n) is 2.50. The number of rotatable bonds is 4. The molecule has 0 bridgehead atoms. The van der Waals surface area contributed by atoms with E-state index in [1.165, 1.54) is 10.4 Å². The van der Waals surface area contributed by atoms with Crippen LogP contribution in [0.25, 0.3) is 0 Å². The highest BCUT2D eigenvalue weighted by Crippen LogP contribution is 2.22. The minimum Gasteiger partial charge on any atom is -0.299 e. The van der Waals surface area contributed by atoms with Crippen LogP contribution in [0, 0.1) is 17.6 Å². The molecule has 1 fully saturated rings. The number of sulfonamides is 1.